The molecule has 106 valence electrons. The second kappa shape index (κ2) is 4.55. The van der Waals surface area contributed by atoms with Crippen molar-refractivity contribution in [2.45, 2.75) is 23.7 Å². The molecule has 2 aliphatic rings. The lowest BCUT2D eigenvalue weighted by Crippen LogP contribution is -2.50. The van der Waals surface area contributed by atoms with Crippen LogP contribution in [-0.4, -0.2) is 54.4 Å². The van der Waals surface area contributed by atoms with Gasteiger partial charge < -0.3 is 14.0 Å². The minimum Gasteiger partial charge on any atom is -0.346 e. The standard InChI is InChI=1S/C11H17N3O4S/c1-13-7-10(12-9-13)19(15,16)14-4-2-3-11(8-14)17-5-6-18-11/h7,9H,2-6,8H2,1H3. The summed E-state index contributed by atoms with van der Waals surface area (Å²) in [6.45, 7) is 1.77. The Kier molecular flexibility index (Phi) is 3.12. The van der Waals surface area contributed by atoms with E-state index in [0.29, 0.717) is 19.8 Å². The van der Waals surface area contributed by atoms with Gasteiger partial charge in [0.05, 0.1) is 26.1 Å². The van der Waals surface area contributed by atoms with Crippen molar-refractivity contribution < 1.29 is 17.9 Å². The molecule has 1 aromatic heterocycles. The third-order valence-corrected chi connectivity index (χ3v) is 5.21. The second-order valence-electron chi connectivity index (χ2n) is 4.93. The van der Waals surface area contributed by atoms with Gasteiger partial charge in [0, 0.05) is 26.2 Å². The van der Waals surface area contributed by atoms with Gasteiger partial charge in [0.1, 0.15) is 0 Å². The molecule has 0 aromatic carbocycles. The van der Waals surface area contributed by atoms with Crippen molar-refractivity contribution >= 4 is 10.0 Å². The molecule has 2 saturated heterocycles. The van der Waals surface area contributed by atoms with E-state index in [1.54, 1.807) is 11.6 Å². The number of aromatic nitrogens is 2. The lowest BCUT2D eigenvalue weighted by molar-refractivity contribution is -0.179. The summed E-state index contributed by atoms with van der Waals surface area (Å²) in [4.78, 5) is 3.93. The van der Waals surface area contributed by atoms with Crippen LogP contribution in [0.5, 0.6) is 0 Å². The molecular formula is C11H17N3O4S. The van der Waals surface area contributed by atoms with E-state index in [-0.39, 0.29) is 11.6 Å². The van der Waals surface area contributed by atoms with Crippen molar-refractivity contribution in [3.63, 3.8) is 0 Å². The van der Waals surface area contributed by atoms with Crippen LogP contribution in [0.15, 0.2) is 17.6 Å². The average molecular weight is 287 g/mol. The fourth-order valence-corrected chi connectivity index (χ4v) is 4.02. The fraction of sp³-hybridized carbons (Fsp3) is 0.727. The van der Waals surface area contributed by atoms with Gasteiger partial charge in [-0.25, -0.2) is 13.4 Å². The Balaban J connectivity index is 1.85. The molecule has 19 heavy (non-hydrogen) atoms. The van der Waals surface area contributed by atoms with Gasteiger partial charge in [-0.2, -0.15) is 4.31 Å². The molecule has 7 nitrogen and oxygen atoms in total. The largest absolute Gasteiger partial charge is 0.346 e. The number of nitrogens with zero attached hydrogens (tertiary/aromatic N) is 3. The summed E-state index contributed by atoms with van der Waals surface area (Å²) in [5.74, 6) is -0.750. The third-order valence-electron chi connectivity index (χ3n) is 3.48. The van der Waals surface area contributed by atoms with Crippen LogP contribution < -0.4 is 0 Å². The summed E-state index contributed by atoms with van der Waals surface area (Å²) in [5, 5.41) is 0.0741. The van der Waals surface area contributed by atoms with Crippen molar-refractivity contribution in [3.05, 3.63) is 12.5 Å². The van der Waals surface area contributed by atoms with Crippen LogP contribution in [0, 0.1) is 0 Å². The van der Waals surface area contributed by atoms with Crippen LogP contribution in [0.4, 0.5) is 0 Å². The van der Waals surface area contributed by atoms with Crippen molar-refractivity contribution in [2.24, 2.45) is 7.05 Å². The second-order valence-corrected chi connectivity index (χ2v) is 6.81. The van der Waals surface area contributed by atoms with Gasteiger partial charge in [0.25, 0.3) is 10.0 Å². The molecule has 8 heteroatoms. The van der Waals surface area contributed by atoms with E-state index in [0.717, 1.165) is 12.8 Å². The Hall–Kier alpha value is -0.960. The first-order valence-electron chi connectivity index (χ1n) is 6.28. The lowest BCUT2D eigenvalue weighted by atomic mass is 10.1. The molecule has 0 atom stereocenters. The average Bonchev–Trinajstić information content (AvgIpc) is 3.00. The zero-order valence-electron chi connectivity index (χ0n) is 10.8. The van der Waals surface area contributed by atoms with Gasteiger partial charge in [0.2, 0.25) is 0 Å². The van der Waals surface area contributed by atoms with Gasteiger partial charge in [0.15, 0.2) is 10.8 Å². The van der Waals surface area contributed by atoms with Crippen LogP contribution in [0.1, 0.15) is 12.8 Å². The van der Waals surface area contributed by atoms with E-state index in [2.05, 4.69) is 4.98 Å². The summed E-state index contributed by atoms with van der Waals surface area (Å²) in [6.07, 6.45) is 4.45. The van der Waals surface area contributed by atoms with Gasteiger partial charge in [-0.1, -0.05) is 0 Å². The first kappa shape index (κ1) is 13.0. The monoisotopic (exact) mass is 287 g/mol. The van der Waals surface area contributed by atoms with Gasteiger partial charge in [-0.05, 0) is 6.42 Å². The van der Waals surface area contributed by atoms with Crippen molar-refractivity contribution in [2.75, 3.05) is 26.3 Å². The molecule has 0 amide bonds. The van der Waals surface area contributed by atoms with Crippen LogP contribution in [-0.2, 0) is 26.5 Å². The normalized spacial score (nSPS) is 24.1. The summed E-state index contributed by atoms with van der Waals surface area (Å²) >= 11 is 0. The maximum Gasteiger partial charge on any atom is 0.262 e. The Morgan fingerprint density at radius 1 is 1.37 bits per heavy atom. The number of hydrogen-bond acceptors (Lipinski definition) is 5. The van der Waals surface area contributed by atoms with E-state index in [4.69, 9.17) is 9.47 Å². The molecule has 3 rings (SSSR count). The zero-order chi connectivity index (χ0) is 13.5. The Labute approximate surface area is 112 Å². The van der Waals surface area contributed by atoms with E-state index >= 15 is 0 Å². The van der Waals surface area contributed by atoms with Crippen LogP contribution in [0.2, 0.25) is 0 Å². The number of imidazole rings is 1. The van der Waals surface area contributed by atoms with Crippen molar-refractivity contribution in [1.29, 1.82) is 0 Å². The highest BCUT2D eigenvalue weighted by atomic mass is 32.2. The first-order chi connectivity index (χ1) is 9.02. The highest BCUT2D eigenvalue weighted by molar-refractivity contribution is 7.89. The Bertz CT molecular complexity index is 562. The van der Waals surface area contributed by atoms with E-state index in [1.165, 1.54) is 16.8 Å². The molecule has 0 bridgehead atoms. The third kappa shape index (κ3) is 2.29. The SMILES string of the molecule is Cn1cnc(S(=O)(=O)N2CCCC3(C2)OCCO3)c1. The van der Waals surface area contributed by atoms with E-state index < -0.39 is 15.8 Å². The molecule has 0 unspecified atom stereocenters. The minimum atomic E-state index is -3.56. The molecule has 0 radical (unpaired) electrons. The smallest absolute Gasteiger partial charge is 0.262 e. The number of hydrogen-bond donors (Lipinski definition) is 0. The van der Waals surface area contributed by atoms with Crippen LogP contribution in [0.3, 0.4) is 0 Å². The molecule has 1 spiro atoms. The summed E-state index contributed by atoms with van der Waals surface area (Å²) in [7, 11) is -1.82. The molecule has 0 aliphatic carbocycles. The van der Waals surface area contributed by atoms with Gasteiger partial charge in [-0.3, -0.25) is 0 Å². The van der Waals surface area contributed by atoms with Gasteiger partial charge >= 0.3 is 0 Å². The zero-order valence-corrected chi connectivity index (χ0v) is 11.6. The molecule has 0 N–H and O–H groups in total. The topological polar surface area (TPSA) is 73.7 Å². The Morgan fingerprint density at radius 3 is 2.74 bits per heavy atom. The van der Waals surface area contributed by atoms with Gasteiger partial charge in [-0.15, -0.1) is 0 Å². The van der Waals surface area contributed by atoms with Crippen LogP contribution in [0.25, 0.3) is 0 Å². The molecule has 2 fully saturated rings. The lowest BCUT2D eigenvalue weighted by Gasteiger charge is -2.37. The highest BCUT2D eigenvalue weighted by Gasteiger charge is 2.44. The van der Waals surface area contributed by atoms with E-state index in [1.807, 2.05) is 0 Å². The summed E-state index contributed by atoms with van der Waals surface area (Å²) < 4.78 is 39.2. The van der Waals surface area contributed by atoms with E-state index in [9.17, 15) is 8.42 Å². The Morgan fingerprint density at radius 2 is 2.11 bits per heavy atom. The first-order valence-corrected chi connectivity index (χ1v) is 7.72. The quantitative estimate of drug-likeness (QED) is 0.762. The maximum atomic E-state index is 12.5. The number of sulfonamides is 1. The summed E-state index contributed by atoms with van der Waals surface area (Å²) in [5.41, 5.74) is 0. The van der Waals surface area contributed by atoms with Crippen LogP contribution >= 0.6 is 0 Å². The van der Waals surface area contributed by atoms with Crippen molar-refractivity contribution in [3.8, 4) is 0 Å². The number of piperidine rings is 1. The predicted molar refractivity (Wildman–Crippen MR) is 65.8 cm³/mol. The highest BCUT2D eigenvalue weighted by Crippen LogP contribution is 2.32. The summed E-state index contributed by atoms with van der Waals surface area (Å²) in [6, 6.07) is 0. The fourth-order valence-electron chi connectivity index (χ4n) is 2.54. The number of rotatable bonds is 2. The minimum absolute atomic E-state index is 0.0741. The number of aryl methyl sites for hydroxylation is 1. The predicted octanol–water partition coefficient (Wildman–Crippen LogP) is -0.0523. The van der Waals surface area contributed by atoms with Crippen molar-refractivity contribution in [1.82, 2.24) is 13.9 Å². The molecule has 3 heterocycles. The molecule has 2 aliphatic heterocycles. The maximum absolute atomic E-state index is 12.5. The molecule has 0 saturated carbocycles. The number of ether oxygens (including phenoxy) is 2. The molecular weight excluding hydrogens is 270 g/mol. The molecule has 1 aromatic rings.